The molecule has 0 spiro atoms. The number of aryl methyl sites for hydroxylation is 1. The third-order valence-electron chi connectivity index (χ3n) is 5.32. The Morgan fingerprint density at radius 3 is 2.45 bits per heavy atom. The fourth-order valence-electron chi connectivity index (χ4n) is 3.33. The molecule has 0 unspecified atom stereocenters. The lowest BCUT2D eigenvalue weighted by Gasteiger charge is -2.20. The molecule has 2 aromatic carbocycles. The van der Waals surface area contributed by atoms with Gasteiger partial charge in [0.25, 0.3) is 11.8 Å². The lowest BCUT2D eigenvalue weighted by atomic mass is 10.1. The molecule has 0 aliphatic carbocycles. The second kappa shape index (κ2) is 9.42. The third kappa shape index (κ3) is 5.09. The number of nitrogens with one attached hydrogen (secondary N) is 2. The van der Waals surface area contributed by atoms with Crippen molar-refractivity contribution in [2.24, 2.45) is 5.92 Å². The highest BCUT2D eigenvalue weighted by molar-refractivity contribution is 6.00. The van der Waals surface area contributed by atoms with E-state index in [2.05, 4.69) is 10.9 Å². The summed E-state index contributed by atoms with van der Waals surface area (Å²) in [7, 11) is 0. The van der Waals surface area contributed by atoms with Crippen LogP contribution in [0.3, 0.4) is 0 Å². The van der Waals surface area contributed by atoms with Crippen molar-refractivity contribution in [3.8, 4) is 0 Å². The summed E-state index contributed by atoms with van der Waals surface area (Å²) >= 11 is 0. The predicted molar refractivity (Wildman–Crippen MR) is 114 cm³/mol. The lowest BCUT2D eigenvalue weighted by Crippen LogP contribution is -2.47. The average Bonchev–Trinajstić information content (AvgIpc) is 3.15. The quantitative estimate of drug-likeness (QED) is 0.566. The molecule has 8 nitrogen and oxygen atoms in total. The minimum absolute atomic E-state index is 0.0191. The van der Waals surface area contributed by atoms with E-state index >= 15 is 0 Å². The number of hydrogen-bond donors (Lipinski definition) is 2. The minimum atomic E-state index is -1.13. The zero-order chi connectivity index (χ0) is 22.5. The van der Waals surface area contributed by atoms with Crippen molar-refractivity contribution in [1.29, 1.82) is 0 Å². The Bertz CT molecular complexity index is 1010. The molecular formula is C23H25N3O5. The highest BCUT2D eigenvalue weighted by atomic mass is 16.5. The van der Waals surface area contributed by atoms with Gasteiger partial charge in [0.15, 0.2) is 6.10 Å². The van der Waals surface area contributed by atoms with Gasteiger partial charge >= 0.3 is 5.97 Å². The number of esters is 1. The molecule has 8 heteroatoms. The summed E-state index contributed by atoms with van der Waals surface area (Å²) in [5, 5.41) is 0. The van der Waals surface area contributed by atoms with Gasteiger partial charge in [0.05, 0.1) is 5.92 Å². The average molecular weight is 423 g/mol. The molecule has 2 atom stereocenters. The Morgan fingerprint density at radius 1 is 1.03 bits per heavy atom. The molecule has 1 aliphatic rings. The van der Waals surface area contributed by atoms with Crippen molar-refractivity contribution in [1.82, 2.24) is 10.9 Å². The van der Waals surface area contributed by atoms with Gasteiger partial charge in [-0.05, 0) is 50.1 Å². The number of nitrogens with zero attached hydrogens (tertiary/aromatic N) is 1. The number of hydrazine groups is 1. The number of anilines is 1. The Labute approximate surface area is 180 Å². The highest BCUT2D eigenvalue weighted by Crippen LogP contribution is 2.30. The zero-order valence-electron chi connectivity index (χ0n) is 17.7. The van der Waals surface area contributed by atoms with E-state index in [0.717, 1.165) is 16.8 Å². The standard InChI is InChI=1S/C23H25N3O5/c1-14-8-7-11-19(15(14)2)26-13-18(12-20(26)27)23(30)31-16(3)21(28)24-25-22(29)17-9-5-4-6-10-17/h4-11,16,18H,12-13H2,1-3H3,(H,24,28)(H,25,29)/t16-,18+/m1/s1. The molecule has 1 saturated heterocycles. The molecule has 162 valence electrons. The van der Waals surface area contributed by atoms with Crippen molar-refractivity contribution in [2.75, 3.05) is 11.4 Å². The van der Waals surface area contributed by atoms with Gasteiger partial charge in [0.1, 0.15) is 0 Å². The maximum absolute atomic E-state index is 12.5. The van der Waals surface area contributed by atoms with Crippen LogP contribution in [0, 0.1) is 19.8 Å². The summed E-state index contributed by atoms with van der Waals surface area (Å²) in [5.74, 6) is -2.62. The van der Waals surface area contributed by atoms with Gasteiger partial charge in [-0.3, -0.25) is 30.0 Å². The lowest BCUT2D eigenvalue weighted by molar-refractivity contribution is -0.158. The molecule has 1 aliphatic heterocycles. The number of rotatable bonds is 5. The van der Waals surface area contributed by atoms with Crippen LogP contribution >= 0.6 is 0 Å². The molecule has 2 aromatic rings. The van der Waals surface area contributed by atoms with E-state index in [0.29, 0.717) is 5.56 Å². The monoisotopic (exact) mass is 423 g/mol. The van der Waals surface area contributed by atoms with Crippen molar-refractivity contribution >= 4 is 29.4 Å². The van der Waals surface area contributed by atoms with E-state index in [4.69, 9.17) is 4.74 Å². The van der Waals surface area contributed by atoms with Crippen LogP contribution in [0.4, 0.5) is 5.69 Å². The fourth-order valence-corrected chi connectivity index (χ4v) is 3.33. The normalized spacial score (nSPS) is 16.5. The summed E-state index contributed by atoms with van der Waals surface area (Å²) < 4.78 is 5.24. The van der Waals surface area contributed by atoms with Crippen molar-refractivity contribution in [3.63, 3.8) is 0 Å². The molecule has 0 bridgehead atoms. The van der Waals surface area contributed by atoms with Gasteiger partial charge < -0.3 is 9.64 Å². The molecule has 0 aromatic heterocycles. The Balaban J connectivity index is 1.53. The van der Waals surface area contributed by atoms with E-state index in [1.807, 2.05) is 32.0 Å². The smallest absolute Gasteiger partial charge is 0.312 e. The second-order valence-corrected chi connectivity index (χ2v) is 7.51. The number of amides is 3. The van der Waals surface area contributed by atoms with Crippen LogP contribution in [0.2, 0.25) is 0 Å². The summed E-state index contributed by atoms with van der Waals surface area (Å²) in [6.45, 7) is 5.49. The van der Waals surface area contributed by atoms with Gasteiger partial charge in [-0.2, -0.15) is 0 Å². The highest BCUT2D eigenvalue weighted by Gasteiger charge is 2.37. The molecule has 3 amide bonds. The maximum Gasteiger partial charge on any atom is 0.312 e. The summed E-state index contributed by atoms with van der Waals surface area (Å²) in [6.07, 6.45) is -1.11. The van der Waals surface area contributed by atoms with Crippen LogP contribution in [0.25, 0.3) is 0 Å². The summed E-state index contributed by atoms with van der Waals surface area (Å²) in [4.78, 5) is 50.8. The van der Waals surface area contributed by atoms with Gasteiger partial charge in [-0.25, -0.2) is 0 Å². The first kappa shape index (κ1) is 22.0. The van der Waals surface area contributed by atoms with Crippen LogP contribution in [-0.4, -0.2) is 36.3 Å². The Hall–Kier alpha value is -3.68. The van der Waals surface area contributed by atoms with Gasteiger partial charge in [0, 0.05) is 24.2 Å². The minimum Gasteiger partial charge on any atom is -0.452 e. The van der Waals surface area contributed by atoms with E-state index in [-0.39, 0.29) is 18.9 Å². The van der Waals surface area contributed by atoms with Crippen molar-refractivity contribution < 1.29 is 23.9 Å². The predicted octanol–water partition coefficient (Wildman–Crippen LogP) is 2.05. The van der Waals surface area contributed by atoms with E-state index in [1.165, 1.54) is 6.92 Å². The van der Waals surface area contributed by atoms with Crippen LogP contribution in [0.5, 0.6) is 0 Å². The topological polar surface area (TPSA) is 105 Å². The summed E-state index contributed by atoms with van der Waals surface area (Å²) in [6, 6.07) is 14.0. The van der Waals surface area contributed by atoms with Gasteiger partial charge in [0.2, 0.25) is 5.91 Å². The van der Waals surface area contributed by atoms with Crippen molar-refractivity contribution in [2.45, 2.75) is 33.3 Å². The second-order valence-electron chi connectivity index (χ2n) is 7.51. The molecule has 1 fully saturated rings. The number of carbonyl (C=O) groups is 4. The first-order chi connectivity index (χ1) is 14.8. The number of hydrogen-bond acceptors (Lipinski definition) is 5. The van der Waals surface area contributed by atoms with Crippen LogP contribution < -0.4 is 15.8 Å². The fraction of sp³-hybridized carbons (Fsp3) is 0.304. The number of ether oxygens (including phenoxy) is 1. The number of benzene rings is 2. The molecular weight excluding hydrogens is 398 g/mol. The number of carbonyl (C=O) groups excluding carboxylic acids is 4. The molecule has 3 rings (SSSR count). The van der Waals surface area contributed by atoms with Crippen molar-refractivity contribution in [3.05, 3.63) is 65.2 Å². The molecule has 0 radical (unpaired) electrons. The molecule has 31 heavy (non-hydrogen) atoms. The maximum atomic E-state index is 12.5. The van der Waals surface area contributed by atoms with Crippen LogP contribution in [-0.2, 0) is 19.1 Å². The van der Waals surface area contributed by atoms with Gasteiger partial charge in [-0.15, -0.1) is 0 Å². The molecule has 1 heterocycles. The molecule has 2 N–H and O–H groups in total. The SMILES string of the molecule is Cc1cccc(N2C[C@@H](C(=O)O[C@H](C)C(=O)NNC(=O)c3ccccc3)CC2=O)c1C. The third-order valence-corrected chi connectivity index (χ3v) is 5.32. The van der Waals surface area contributed by atoms with E-state index in [9.17, 15) is 19.2 Å². The Morgan fingerprint density at radius 2 is 1.74 bits per heavy atom. The molecule has 0 saturated carbocycles. The van der Waals surface area contributed by atoms with E-state index in [1.54, 1.807) is 35.2 Å². The van der Waals surface area contributed by atoms with Crippen LogP contribution in [0.1, 0.15) is 34.8 Å². The Kier molecular flexibility index (Phi) is 6.69. The largest absolute Gasteiger partial charge is 0.452 e. The first-order valence-electron chi connectivity index (χ1n) is 10.00. The van der Waals surface area contributed by atoms with Gasteiger partial charge in [-0.1, -0.05) is 30.3 Å². The summed E-state index contributed by atoms with van der Waals surface area (Å²) in [5.41, 5.74) is 7.70. The van der Waals surface area contributed by atoms with Crippen LogP contribution in [0.15, 0.2) is 48.5 Å². The zero-order valence-corrected chi connectivity index (χ0v) is 17.7. The van der Waals surface area contributed by atoms with E-state index < -0.39 is 29.8 Å². The first-order valence-corrected chi connectivity index (χ1v) is 10.00.